The van der Waals surface area contributed by atoms with E-state index in [2.05, 4.69) is 23.5 Å². The molecule has 0 saturated carbocycles. The number of methoxy groups -OCH3 is 1. The molecule has 0 fully saturated rings. The van der Waals surface area contributed by atoms with Gasteiger partial charge in [-0.3, -0.25) is 4.90 Å². The van der Waals surface area contributed by atoms with Gasteiger partial charge in [0.2, 0.25) is 5.72 Å². The Morgan fingerprint density at radius 1 is 0.884 bits per heavy atom. The molecule has 9 nitrogen and oxygen atoms in total. The van der Waals surface area contributed by atoms with Gasteiger partial charge in [-0.25, -0.2) is 14.4 Å². The molecule has 2 atom stereocenters. The van der Waals surface area contributed by atoms with Gasteiger partial charge >= 0.3 is 18.0 Å². The van der Waals surface area contributed by atoms with E-state index in [9.17, 15) is 24.6 Å². The van der Waals surface area contributed by atoms with Crippen LogP contribution < -0.4 is 14.8 Å². The monoisotopic (exact) mass is 584 g/mol. The number of urea groups is 1. The van der Waals surface area contributed by atoms with E-state index < -0.39 is 29.7 Å². The standard InChI is InChI=1S/C34H36N2O7/c1-22(2)21-36(34(3,41)32(38)39)33(40)35-28(31(37)43-30-15-8-7-14-29(30)42-4)20-23-16-18-25(19-17-23)27-13-9-11-24-10-5-6-12-26(24)27/h5-19,22,28,41H,20-21H2,1-4H3,(H,35,40)(H,38,39). The Balaban J connectivity index is 1.63. The Morgan fingerprint density at radius 2 is 1.51 bits per heavy atom. The van der Waals surface area contributed by atoms with E-state index >= 15 is 0 Å². The van der Waals surface area contributed by atoms with Gasteiger partial charge in [0.1, 0.15) is 6.04 Å². The van der Waals surface area contributed by atoms with Crippen LogP contribution in [0.3, 0.4) is 0 Å². The van der Waals surface area contributed by atoms with E-state index in [0.717, 1.165) is 39.3 Å². The quantitative estimate of drug-likeness (QED) is 0.121. The van der Waals surface area contributed by atoms with Gasteiger partial charge in [0.25, 0.3) is 0 Å². The van der Waals surface area contributed by atoms with Crippen molar-refractivity contribution in [2.24, 2.45) is 5.92 Å². The lowest BCUT2D eigenvalue weighted by Gasteiger charge is -2.35. The van der Waals surface area contributed by atoms with Crippen LogP contribution in [0.25, 0.3) is 21.9 Å². The van der Waals surface area contributed by atoms with Crippen molar-refractivity contribution in [1.82, 2.24) is 10.2 Å². The first-order valence-corrected chi connectivity index (χ1v) is 14.0. The number of hydrogen-bond acceptors (Lipinski definition) is 6. The molecular weight excluding hydrogens is 548 g/mol. The molecule has 0 saturated heterocycles. The molecule has 3 N–H and O–H groups in total. The number of aliphatic carboxylic acids is 1. The molecule has 0 aliphatic rings. The number of nitrogens with one attached hydrogen (secondary N) is 1. The smallest absolute Gasteiger partial charge is 0.357 e. The number of benzene rings is 4. The molecule has 0 heterocycles. The fourth-order valence-electron chi connectivity index (χ4n) is 4.78. The van der Waals surface area contributed by atoms with Crippen LogP contribution in [0.4, 0.5) is 4.79 Å². The first-order chi connectivity index (χ1) is 20.5. The second-order valence-electron chi connectivity index (χ2n) is 10.8. The van der Waals surface area contributed by atoms with Gasteiger partial charge < -0.3 is 25.0 Å². The van der Waals surface area contributed by atoms with E-state index in [-0.39, 0.29) is 24.6 Å². The Kier molecular flexibility index (Phi) is 9.67. The van der Waals surface area contributed by atoms with E-state index in [0.29, 0.717) is 5.75 Å². The van der Waals surface area contributed by atoms with Crippen molar-refractivity contribution in [3.8, 4) is 22.6 Å². The molecule has 4 aromatic carbocycles. The number of carboxylic acids is 1. The lowest BCUT2D eigenvalue weighted by atomic mass is 9.96. The summed E-state index contributed by atoms with van der Waals surface area (Å²) in [5.74, 6) is -2.05. The molecule has 2 unspecified atom stereocenters. The highest BCUT2D eigenvalue weighted by Crippen LogP contribution is 2.29. The highest BCUT2D eigenvalue weighted by Gasteiger charge is 2.42. The normalized spacial score (nSPS) is 13.2. The summed E-state index contributed by atoms with van der Waals surface area (Å²) in [6.45, 7) is 4.51. The number of carbonyl (C=O) groups excluding carboxylic acids is 2. The van der Waals surface area contributed by atoms with E-state index in [4.69, 9.17) is 9.47 Å². The van der Waals surface area contributed by atoms with Gasteiger partial charge in [-0.2, -0.15) is 0 Å². The third-order valence-corrected chi connectivity index (χ3v) is 7.08. The summed E-state index contributed by atoms with van der Waals surface area (Å²) < 4.78 is 10.9. The number of esters is 1. The molecule has 4 rings (SSSR count). The number of nitrogens with zero attached hydrogens (tertiary/aromatic N) is 1. The molecule has 2 amide bonds. The lowest BCUT2D eigenvalue weighted by Crippen LogP contribution is -2.61. The maximum absolute atomic E-state index is 13.5. The summed E-state index contributed by atoms with van der Waals surface area (Å²) in [7, 11) is 1.45. The molecule has 0 radical (unpaired) electrons. The fourth-order valence-corrected chi connectivity index (χ4v) is 4.78. The average Bonchev–Trinajstić information content (AvgIpc) is 2.99. The molecule has 224 valence electrons. The SMILES string of the molecule is COc1ccccc1OC(=O)C(Cc1ccc(-c2cccc3ccccc23)cc1)NC(=O)N(CC(C)C)C(C)(O)C(=O)O. The molecule has 0 aliphatic heterocycles. The van der Waals surface area contributed by atoms with E-state index in [1.165, 1.54) is 7.11 Å². The minimum absolute atomic E-state index is 0.0419. The lowest BCUT2D eigenvalue weighted by molar-refractivity contribution is -0.173. The fraction of sp³-hybridized carbons (Fsp3) is 0.265. The summed E-state index contributed by atoms with van der Waals surface area (Å²) in [5, 5.41) is 25.1. The third kappa shape index (κ3) is 7.31. The highest BCUT2D eigenvalue weighted by atomic mass is 16.6. The van der Waals surface area contributed by atoms with Crippen LogP contribution in [0, 0.1) is 5.92 Å². The minimum Gasteiger partial charge on any atom is -0.493 e. The molecule has 0 bridgehead atoms. The van der Waals surface area contributed by atoms with Crippen molar-refractivity contribution >= 4 is 28.7 Å². The van der Waals surface area contributed by atoms with Gasteiger partial charge in [0.15, 0.2) is 11.5 Å². The van der Waals surface area contributed by atoms with Crippen molar-refractivity contribution in [3.05, 3.63) is 96.6 Å². The topological polar surface area (TPSA) is 125 Å². The summed E-state index contributed by atoms with van der Waals surface area (Å²) in [6, 6.07) is 26.3. The zero-order valence-electron chi connectivity index (χ0n) is 24.6. The summed E-state index contributed by atoms with van der Waals surface area (Å²) in [6.07, 6.45) is 0.0419. The number of rotatable bonds is 11. The van der Waals surface area contributed by atoms with Gasteiger partial charge in [0.05, 0.1) is 7.11 Å². The van der Waals surface area contributed by atoms with Crippen molar-refractivity contribution in [3.63, 3.8) is 0 Å². The van der Waals surface area contributed by atoms with E-state index in [1.807, 2.05) is 48.5 Å². The first kappa shape index (κ1) is 31.1. The Hall–Kier alpha value is -4.89. The molecule has 0 spiro atoms. The summed E-state index contributed by atoms with van der Waals surface area (Å²) >= 11 is 0. The van der Waals surface area contributed by atoms with Gasteiger partial charge in [0, 0.05) is 13.0 Å². The summed E-state index contributed by atoms with van der Waals surface area (Å²) in [4.78, 5) is 39.5. The predicted octanol–water partition coefficient (Wildman–Crippen LogP) is 5.49. The number of para-hydroxylation sites is 2. The van der Waals surface area contributed by atoms with Crippen molar-refractivity contribution in [1.29, 1.82) is 0 Å². The first-order valence-electron chi connectivity index (χ1n) is 14.0. The zero-order valence-corrected chi connectivity index (χ0v) is 24.6. The molecule has 0 aromatic heterocycles. The van der Waals surface area contributed by atoms with Crippen molar-refractivity contribution in [2.45, 2.75) is 39.0 Å². The number of amides is 2. The Bertz CT molecular complexity index is 1590. The van der Waals surface area contributed by atoms with Crippen LogP contribution in [0.5, 0.6) is 11.5 Å². The Labute approximate surface area is 250 Å². The van der Waals surface area contributed by atoms with Crippen LogP contribution in [-0.4, -0.2) is 58.5 Å². The number of ether oxygens (including phenoxy) is 2. The molecule has 4 aromatic rings. The predicted molar refractivity (Wildman–Crippen MR) is 164 cm³/mol. The van der Waals surface area contributed by atoms with Crippen LogP contribution in [-0.2, 0) is 16.0 Å². The molecule has 43 heavy (non-hydrogen) atoms. The maximum atomic E-state index is 13.5. The van der Waals surface area contributed by atoms with Gasteiger partial charge in [-0.05, 0) is 52.4 Å². The average molecular weight is 585 g/mol. The summed E-state index contributed by atoms with van der Waals surface area (Å²) in [5.41, 5.74) is 0.265. The second kappa shape index (κ2) is 13.4. The molecular formula is C34H36N2O7. The number of fused-ring (bicyclic) bond motifs is 1. The van der Waals surface area contributed by atoms with Crippen LogP contribution in [0.1, 0.15) is 26.3 Å². The van der Waals surface area contributed by atoms with Crippen LogP contribution >= 0.6 is 0 Å². The Morgan fingerprint density at radius 3 is 2.16 bits per heavy atom. The van der Waals surface area contributed by atoms with Crippen LogP contribution in [0.15, 0.2) is 91.0 Å². The van der Waals surface area contributed by atoms with Crippen molar-refractivity contribution in [2.75, 3.05) is 13.7 Å². The molecule has 0 aliphatic carbocycles. The van der Waals surface area contributed by atoms with Crippen molar-refractivity contribution < 1.29 is 34.1 Å². The molecule has 9 heteroatoms. The van der Waals surface area contributed by atoms with Gasteiger partial charge in [-0.1, -0.05) is 92.7 Å². The number of hydrogen-bond donors (Lipinski definition) is 3. The van der Waals surface area contributed by atoms with Crippen LogP contribution in [0.2, 0.25) is 0 Å². The number of carboxylic acid groups (broad SMARTS) is 1. The number of aliphatic hydroxyl groups is 1. The number of carbonyl (C=O) groups is 3. The largest absolute Gasteiger partial charge is 0.493 e. The second-order valence-corrected chi connectivity index (χ2v) is 10.8. The van der Waals surface area contributed by atoms with Gasteiger partial charge in [-0.15, -0.1) is 0 Å². The van der Waals surface area contributed by atoms with E-state index in [1.54, 1.807) is 38.1 Å². The minimum atomic E-state index is -2.51. The maximum Gasteiger partial charge on any atom is 0.357 e. The third-order valence-electron chi connectivity index (χ3n) is 7.08. The zero-order chi connectivity index (χ0) is 31.1. The highest BCUT2D eigenvalue weighted by molar-refractivity contribution is 5.96.